The smallest absolute Gasteiger partial charge is 0.273 e. The Balaban J connectivity index is 1.65. The molecule has 1 aromatic rings. The Kier molecular flexibility index (Phi) is 6.15. The third-order valence-electron chi connectivity index (χ3n) is 3.84. The normalized spacial score (nSPS) is 24.9. The van der Waals surface area contributed by atoms with Crippen molar-refractivity contribution in [3.05, 3.63) is 34.4 Å². The largest absolute Gasteiger partial charge is 0.493 e. The molecule has 0 aromatic heterocycles. The third-order valence-corrected chi connectivity index (χ3v) is 3.84. The number of nitrogens with one attached hydrogen (secondary N) is 1. The molecule has 6 heteroatoms. The summed E-state index contributed by atoms with van der Waals surface area (Å²) < 4.78 is 11.3. The number of nitro benzene ring substituents is 1. The zero-order valence-electron chi connectivity index (χ0n) is 13.3. The molecule has 1 fully saturated rings. The van der Waals surface area contributed by atoms with Crippen LogP contribution in [0.5, 0.6) is 5.75 Å². The molecule has 2 atom stereocenters. The van der Waals surface area contributed by atoms with Crippen LogP contribution in [0, 0.1) is 10.1 Å². The first-order valence-electron chi connectivity index (χ1n) is 7.91. The standard InChI is InChI=1S/C16H24N2O4/c1-13-11-17(12-14(2)22-13)8-3-4-9-21-16-7-5-6-15(10-16)18(19)20/h5-7,10,13-14H,3-4,8-9,11-12H2,1-2H3/p+1/t13-,14-/m0/s1. The van der Waals surface area contributed by atoms with Gasteiger partial charge >= 0.3 is 0 Å². The number of non-ortho nitro benzene ring substituents is 1. The molecule has 0 bridgehead atoms. The lowest BCUT2D eigenvalue weighted by molar-refractivity contribution is -0.915. The van der Waals surface area contributed by atoms with Crippen LogP contribution in [0.2, 0.25) is 0 Å². The average Bonchev–Trinajstić information content (AvgIpc) is 2.46. The number of morpholine rings is 1. The topological polar surface area (TPSA) is 66.0 Å². The maximum atomic E-state index is 10.7. The fraction of sp³-hybridized carbons (Fsp3) is 0.625. The van der Waals surface area contributed by atoms with Crippen LogP contribution in [-0.2, 0) is 4.74 Å². The van der Waals surface area contributed by atoms with E-state index >= 15 is 0 Å². The van der Waals surface area contributed by atoms with Crippen molar-refractivity contribution in [2.75, 3.05) is 26.2 Å². The fourth-order valence-corrected chi connectivity index (χ4v) is 2.95. The second-order valence-electron chi connectivity index (χ2n) is 5.98. The summed E-state index contributed by atoms with van der Waals surface area (Å²) >= 11 is 0. The number of nitrogens with zero attached hydrogens (tertiary/aromatic N) is 1. The first-order valence-corrected chi connectivity index (χ1v) is 7.91. The second kappa shape index (κ2) is 8.10. The van der Waals surface area contributed by atoms with Crippen molar-refractivity contribution >= 4 is 5.69 Å². The zero-order valence-corrected chi connectivity index (χ0v) is 13.3. The summed E-state index contributed by atoms with van der Waals surface area (Å²) in [6.07, 6.45) is 2.71. The van der Waals surface area contributed by atoms with Crippen molar-refractivity contribution in [1.82, 2.24) is 0 Å². The van der Waals surface area contributed by atoms with Crippen LogP contribution in [0.25, 0.3) is 0 Å². The molecular weight excluding hydrogens is 284 g/mol. The number of benzene rings is 1. The summed E-state index contributed by atoms with van der Waals surface area (Å²) in [7, 11) is 0. The first kappa shape index (κ1) is 16.7. The molecule has 0 aliphatic carbocycles. The Morgan fingerprint density at radius 3 is 2.73 bits per heavy atom. The minimum atomic E-state index is -0.406. The van der Waals surface area contributed by atoms with Gasteiger partial charge in [-0.3, -0.25) is 10.1 Å². The molecule has 1 saturated heterocycles. The van der Waals surface area contributed by atoms with Gasteiger partial charge in [-0.05, 0) is 32.8 Å². The number of hydrogen-bond acceptors (Lipinski definition) is 4. The van der Waals surface area contributed by atoms with Crippen molar-refractivity contribution in [3.63, 3.8) is 0 Å². The van der Waals surface area contributed by atoms with Crippen LogP contribution in [0.4, 0.5) is 5.69 Å². The number of unbranched alkanes of at least 4 members (excludes halogenated alkanes) is 1. The van der Waals surface area contributed by atoms with Crippen molar-refractivity contribution in [3.8, 4) is 5.75 Å². The lowest BCUT2D eigenvalue weighted by atomic mass is 10.2. The molecule has 0 saturated carbocycles. The van der Waals surface area contributed by atoms with Crippen LogP contribution in [-0.4, -0.2) is 43.4 Å². The number of ether oxygens (including phenoxy) is 2. The number of nitro groups is 1. The highest BCUT2D eigenvalue weighted by Crippen LogP contribution is 2.19. The van der Waals surface area contributed by atoms with Gasteiger partial charge in [0.25, 0.3) is 5.69 Å². The molecule has 0 amide bonds. The van der Waals surface area contributed by atoms with Crippen LogP contribution < -0.4 is 9.64 Å². The van der Waals surface area contributed by atoms with Gasteiger partial charge in [0.1, 0.15) is 31.0 Å². The summed E-state index contributed by atoms with van der Waals surface area (Å²) in [5, 5.41) is 10.7. The Morgan fingerprint density at radius 1 is 1.32 bits per heavy atom. The SMILES string of the molecule is C[C@H]1C[NH+](CCCCOc2cccc([N+](=O)[O-])c2)C[C@H](C)O1. The van der Waals surface area contributed by atoms with E-state index in [4.69, 9.17) is 9.47 Å². The Morgan fingerprint density at radius 2 is 2.05 bits per heavy atom. The third kappa shape index (κ3) is 5.27. The molecule has 122 valence electrons. The van der Waals surface area contributed by atoms with Crippen molar-refractivity contribution in [2.45, 2.75) is 38.9 Å². The maximum Gasteiger partial charge on any atom is 0.273 e. The molecule has 1 heterocycles. The fourth-order valence-electron chi connectivity index (χ4n) is 2.95. The summed E-state index contributed by atoms with van der Waals surface area (Å²) in [5.41, 5.74) is 0.0678. The number of hydrogen-bond donors (Lipinski definition) is 1. The first-order chi connectivity index (χ1) is 10.5. The monoisotopic (exact) mass is 309 g/mol. The maximum absolute atomic E-state index is 10.7. The molecule has 1 aromatic carbocycles. The molecule has 1 aliphatic rings. The van der Waals surface area contributed by atoms with Crippen molar-refractivity contribution < 1.29 is 19.3 Å². The Labute approximate surface area is 131 Å². The van der Waals surface area contributed by atoms with Gasteiger partial charge in [-0.15, -0.1) is 0 Å². The van der Waals surface area contributed by atoms with E-state index in [2.05, 4.69) is 13.8 Å². The molecule has 2 rings (SSSR count). The van der Waals surface area contributed by atoms with E-state index in [1.807, 2.05) is 0 Å². The van der Waals surface area contributed by atoms with Crippen LogP contribution >= 0.6 is 0 Å². The Hall–Kier alpha value is -1.66. The van der Waals surface area contributed by atoms with Crippen LogP contribution in [0.15, 0.2) is 24.3 Å². The van der Waals surface area contributed by atoms with E-state index in [1.54, 1.807) is 17.0 Å². The highest BCUT2D eigenvalue weighted by Gasteiger charge is 2.24. The molecule has 1 N–H and O–H groups in total. The van der Waals surface area contributed by atoms with Gasteiger partial charge in [-0.2, -0.15) is 0 Å². The van der Waals surface area contributed by atoms with E-state index in [1.165, 1.54) is 12.1 Å². The number of rotatable bonds is 7. The van der Waals surface area contributed by atoms with Gasteiger partial charge in [0.05, 0.1) is 24.1 Å². The molecule has 0 spiro atoms. The van der Waals surface area contributed by atoms with Gasteiger partial charge in [-0.25, -0.2) is 0 Å². The highest BCUT2D eigenvalue weighted by atomic mass is 16.6. The van der Waals surface area contributed by atoms with Gasteiger partial charge in [0, 0.05) is 6.07 Å². The molecular formula is C16H25N2O4+. The summed E-state index contributed by atoms with van der Waals surface area (Å²) in [5.74, 6) is 0.565. The molecule has 0 radical (unpaired) electrons. The number of quaternary nitrogens is 1. The van der Waals surface area contributed by atoms with Crippen LogP contribution in [0.3, 0.4) is 0 Å². The zero-order chi connectivity index (χ0) is 15.9. The predicted octanol–water partition coefficient (Wildman–Crippen LogP) is 1.45. The average molecular weight is 309 g/mol. The van der Waals surface area contributed by atoms with Gasteiger partial charge in [0.2, 0.25) is 0 Å². The summed E-state index contributed by atoms with van der Waals surface area (Å²) in [6, 6.07) is 6.34. The Bertz CT molecular complexity index is 485. The summed E-state index contributed by atoms with van der Waals surface area (Å²) in [4.78, 5) is 11.9. The van der Waals surface area contributed by atoms with Crippen molar-refractivity contribution in [1.29, 1.82) is 0 Å². The minimum absolute atomic E-state index is 0.0678. The second-order valence-corrected chi connectivity index (χ2v) is 5.98. The highest BCUT2D eigenvalue weighted by molar-refractivity contribution is 5.37. The molecule has 1 aliphatic heterocycles. The van der Waals surface area contributed by atoms with E-state index < -0.39 is 4.92 Å². The quantitative estimate of drug-likeness (QED) is 0.470. The van der Waals surface area contributed by atoms with Gasteiger partial charge < -0.3 is 14.4 Å². The predicted molar refractivity (Wildman–Crippen MR) is 83.4 cm³/mol. The van der Waals surface area contributed by atoms with E-state index in [-0.39, 0.29) is 5.69 Å². The summed E-state index contributed by atoms with van der Waals surface area (Å²) in [6.45, 7) is 8.10. The molecule has 6 nitrogen and oxygen atoms in total. The lowest BCUT2D eigenvalue weighted by Gasteiger charge is -2.32. The van der Waals surface area contributed by atoms with E-state index in [0.29, 0.717) is 24.6 Å². The molecule has 22 heavy (non-hydrogen) atoms. The molecule has 0 unspecified atom stereocenters. The van der Waals surface area contributed by atoms with Crippen LogP contribution in [0.1, 0.15) is 26.7 Å². The lowest BCUT2D eigenvalue weighted by Crippen LogP contribution is -3.15. The van der Waals surface area contributed by atoms with E-state index in [0.717, 1.165) is 32.5 Å². The minimum Gasteiger partial charge on any atom is -0.493 e. The van der Waals surface area contributed by atoms with Gasteiger partial charge in [0.15, 0.2) is 0 Å². The van der Waals surface area contributed by atoms with Crippen molar-refractivity contribution in [2.24, 2.45) is 0 Å². The van der Waals surface area contributed by atoms with Gasteiger partial charge in [-0.1, -0.05) is 6.07 Å². The van der Waals surface area contributed by atoms with E-state index in [9.17, 15) is 10.1 Å².